The average molecular weight is 242 g/mol. The maximum atomic E-state index is 13.0. The van der Waals surface area contributed by atoms with Crippen LogP contribution >= 0.6 is 11.6 Å². The molecule has 1 fully saturated rings. The van der Waals surface area contributed by atoms with Gasteiger partial charge in [-0.3, -0.25) is 0 Å². The first-order valence-electron chi connectivity index (χ1n) is 5.90. The van der Waals surface area contributed by atoms with Crippen LogP contribution in [0, 0.1) is 11.7 Å². The summed E-state index contributed by atoms with van der Waals surface area (Å²) < 4.78 is 13.0. The van der Waals surface area contributed by atoms with Gasteiger partial charge in [0.1, 0.15) is 5.82 Å². The molecule has 0 radical (unpaired) electrons. The van der Waals surface area contributed by atoms with Crippen LogP contribution in [0.4, 0.5) is 4.39 Å². The molecule has 88 valence electrons. The fourth-order valence-corrected chi connectivity index (χ4v) is 2.11. The van der Waals surface area contributed by atoms with E-state index in [1.54, 1.807) is 6.07 Å². The lowest BCUT2D eigenvalue weighted by molar-refractivity contribution is 0.589. The van der Waals surface area contributed by atoms with Gasteiger partial charge in [-0.2, -0.15) is 0 Å². The van der Waals surface area contributed by atoms with Crippen molar-refractivity contribution in [2.24, 2.45) is 5.92 Å². The zero-order valence-electron chi connectivity index (χ0n) is 9.31. The summed E-state index contributed by atoms with van der Waals surface area (Å²) in [7, 11) is 0. The zero-order chi connectivity index (χ0) is 11.4. The molecule has 1 aromatic carbocycles. The van der Waals surface area contributed by atoms with Crippen molar-refractivity contribution in [3.8, 4) is 0 Å². The van der Waals surface area contributed by atoms with Gasteiger partial charge in [-0.1, -0.05) is 24.4 Å². The zero-order valence-corrected chi connectivity index (χ0v) is 10.1. The molecular formula is C13H17ClFN. The van der Waals surface area contributed by atoms with Crippen LogP contribution in [0.2, 0.25) is 5.02 Å². The second-order valence-corrected chi connectivity index (χ2v) is 4.98. The first-order valence-corrected chi connectivity index (χ1v) is 6.27. The van der Waals surface area contributed by atoms with Gasteiger partial charge in [-0.25, -0.2) is 4.39 Å². The molecule has 1 nitrogen and oxygen atoms in total. The van der Waals surface area contributed by atoms with E-state index in [0.717, 1.165) is 18.0 Å². The third-order valence-corrected chi connectivity index (χ3v) is 3.13. The minimum Gasteiger partial charge on any atom is -0.313 e. The van der Waals surface area contributed by atoms with E-state index in [-0.39, 0.29) is 5.82 Å². The molecule has 0 unspecified atom stereocenters. The van der Waals surface area contributed by atoms with Crippen molar-refractivity contribution >= 4 is 11.6 Å². The molecule has 0 spiro atoms. The van der Waals surface area contributed by atoms with Crippen LogP contribution in [0.1, 0.15) is 31.2 Å². The standard InChI is InChI=1S/C13H17ClFN/c14-12-6-11(7-13(15)8-12)9-16-5-1-2-10-3-4-10/h6-8,10,16H,1-5,9H2. The minimum atomic E-state index is -0.262. The van der Waals surface area contributed by atoms with Gasteiger partial charge in [-0.05, 0) is 49.1 Å². The van der Waals surface area contributed by atoms with E-state index >= 15 is 0 Å². The molecule has 0 amide bonds. The van der Waals surface area contributed by atoms with Gasteiger partial charge in [-0.15, -0.1) is 0 Å². The van der Waals surface area contributed by atoms with E-state index in [0.29, 0.717) is 11.6 Å². The third kappa shape index (κ3) is 4.11. The van der Waals surface area contributed by atoms with E-state index in [2.05, 4.69) is 5.32 Å². The lowest BCUT2D eigenvalue weighted by Crippen LogP contribution is -2.14. The van der Waals surface area contributed by atoms with E-state index in [1.807, 2.05) is 0 Å². The smallest absolute Gasteiger partial charge is 0.125 e. The SMILES string of the molecule is Fc1cc(Cl)cc(CNCCCC2CC2)c1. The van der Waals surface area contributed by atoms with Crippen LogP contribution in [0.25, 0.3) is 0 Å². The quantitative estimate of drug-likeness (QED) is 0.748. The predicted octanol–water partition coefficient (Wildman–Crippen LogP) is 3.76. The van der Waals surface area contributed by atoms with Gasteiger partial charge >= 0.3 is 0 Å². The van der Waals surface area contributed by atoms with Gasteiger partial charge in [0, 0.05) is 11.6 Å². The van der Waals surface area contributed by atoms with Crippen LogP contribution in [0.15, 0.2) is 18.2 Å². The van der Waals surface area contributed by atoms with E-state index in [4.69, 9.17) is 11.6 Å². The number of nitrogens with one attached hydrogen (secondary N) is 1. The van der Waals surface area contributed by atoms with Gasteiger partial charge in [0.2, 0.25) is 0 Å². The Morgan fingerprint density at radius 3 is 2.81 bits per heavy atom. The Kier molecular flexibility index (Phi) is 4.19. The Bertz CT molecular complexity index is 330. The van der Waals surface area contributed by atoms with Gasteiger partial charge in [0.15, 0.2) is 0 Å². The molecular weight excluding hydrogens is 225 g/mol. The summed E-state index contributed by atoms with van der Waals surface area (Å²) in [5, 5.41) is 3.78. The summed E-state index contributed by atoms with van der Waals surface area (Å²) in [6.07, 6.45) is 5.38. The molecule has 1 aliphatic rings. The van der Waals surface area contributed by atoms with Crippen LogP contribution in [0.3, 0.4) is 0 Å². The molecule has 0 aromatic heterocycles. The number of halogens is 2. The topological polar surface area (TPSA) is 12.0 Å². The molecule has 0 bridgehead atoms. The minimum absolute atomic E-state index is 0.262. The molecule has 1 aromatic rings. The fourth-order valence-electron chi connectivity index (χ4n) is 1.87. The number of hydrogen-bond acceptors (Lipinski definition) is 1. The van der Waals surface area contributed by atoms with E-state index in [1.165, 1.54) is 37.8 Å². The highest BCUT2D eigenvalue weighted by Gasteiger charge is 2.19. The van der Waals surface area contributed by atoms with Crippen molar-refractivity contribution in [2.75, 3.05) is 6.54 Å². The fraction of sp³-hybridized carbons (Fsp3) is 0.538. The summed E-state index contributed by atoms with van der Waals surface area (Å²) in [4.78, 5) is 0. The molecule has 0 atom stereocenters. The molecule has 0 saturated heterocycles. The highest BCUT2D eigenvalue weighted by Crippen LogP contribution is 2.33. The highest BCUT2D eigenvalue weighted by molar-refractivity contribution is 6.30. The van der Waals surface area contributed by atoms with E-state index < -0.39 is 0 Å². The van der Waals surface area contributed by atoms with Crippen LogP contribution in [-0.4, -0.2) is 6.54 Å². The summed E-state index contributed by atoms with van der Waals surface area (Å²) in [5.74, 6) is 0.729. The van der Waals surface area contributed by atoms with Crippen molar-refractivity contribution < 1.29 is 4.39 Å². The Morgan fingerprint density at radius 1 is 1.31 bits per heavy atom. The van der Waals surface area contributed by atoms with Crippen molar-refractivity contribution in [2.45, 2.75) is 32.2 Å². The summed E-state index contributed by atoms with van der Waals surface area (Å²) in [6, 6.07) is 4.66. The van der Waals surface area contributed by atoms with Gasteiger partial charge in [0.05, 0.1) is 0 Å². The monoisotopic (exact) mass is 241 g/mol. The van der Waals surface area contributed by atoms with E-state index in [9.17, 15) is 4.39 Å². The lowest BCUT2D eigenvalue weighted by Gasteiger charge is -2.05. The second kappa shape index (κ2) is 5.65. The summed E-state index contributed by atoms with van der Waals surface area (Å²) in [6.45, 7) is 1.70. The normalized spacial score (nSPS) is 15.4. The summed E-state index contributed by atoms with van der Waals surface area (Å²) >= 11 is 5.77. The summed E-state index contributed by atoms with van der Waals surface area (Å²) in [5.41, 5.74) is 0.913. The largest absolute Gasteiger partial charge is 0.313 e. The van der Waals surface area contributed by atoms with Crippen molar-refractivity contribution in [1.29, 1.82) is 0 Å². The third-order valence-electron chi connectivity index (χ3n) is 2.91. The Balaban J connectivity index is 1.67. The first-order chi connectivity index (χ1) is 7.74. The van der Waals surface area contributed by atoms with Crippen molar-refractivity contribution in [3.05, 3.63) is 34.6 Å². The van der Waals surface area contributed by atoms with Crippen LogP contribution in [-0.2, 0) is 6.54 Å². The first kappa shape index (κ1) is 11.9. The molecule has 1 aliphatic carbocycles. The van der Waals surface area contributed by atoms with Crippen LogP contribution in [0.5, 0.6) is 0 Å². The van der Waals surface area contributed by atoms with Gasteiger partial charge < -0.3 is 5.32 Å². The van der Waals surface area contributed by atoms with Crippen molar-refractivity contribution in [1.82, 2.24) is 5.32 Å². The average Bonchev–Trinajstić information content (AvgIpc) is 2.99. The Hall–Kier alpha value is -0.600. The Morgan fingerprint density at radius 2 is 2.12 bits per heavy atom. The number of benzene rings is 1. The number of rotatable bonds is 6. The second-order valence-electron chi connectivity index (χ2n) is 4.54. The predicted molar refractivity (Wildman–Crippen MR) is 65.1 cm³/mol. The van der Waals surface area contributed by atoms with Gasteiger partial charge in [0.25, 0.3) is 0 Å². The maximum Gasteiger partial charge on any atom is 0.125 e. The molecule has 2 rings (SSSR count). The molecule has 1 saturated carbocycles. The van der Waals surface area contributed by atoms with Crippen molar-refractivity contribution in [3.63, 3.8) is 0 Å². The number of hydrogen-bond donors (Lipinski definition) is 1. The highest BCUT2D eigenvalue weighted by atomic mass is 35.5. The molecule has 3 heteroatoms. The lowest BCUT2D eigenvalue weighted by atomic mass is 10.2. The molecule has 1 N–H and O–H groups in total. The Labute approximate surface area is 101 Å². The maximum absolute atomic E-state index is 13.0. The molecule has 0 aliphatic heterocycles. The molecule has 0 heterocycles. The van der Waals surface area contributed by atoms with Crippen LogP contribution < -0.4 is 5.32 Å². The molecule has 16 heavy (non-hydrogen) atoms.